The first-order valence-electron chi connectivity index (χ1n) is 16.2. The molecule has 230 valence electrons. The zero-order chi connectivity index (χ0) is 32.9. The van der Waals surface area contributed by atoms with Crippen LogP contribution in [-0.4, -0.2) is 13.1 Å². The molecule has 2 aromatic heterocycles. The predicted molar refractivity (Wildman–Crippen MR) is 200 cm³/mol. The standard InChI is InChI=1S/C43H38N2OSi/c1-43(2,3)34-19-16-30(17-20-34)32-24-25-45-37(26-32)35-22-23-38(47(4,5)6)40-36-21-18-33(27-44)39(42(36)46-41(35)40)31-14-12-29(13-15-31)28-10-8-7-9-11-28/h7-26H,1-6H3. The Hall–Kier alpha value is -5.24. The Morgan fingerprint density at radius 3 is 1.96 bits per heavy atom. The molecule has 0 bridgehead atoms. The van der Waals surface area contributed by atoms with Gasteiger partial charge in [0.05, 0.1) is 25.4 Å². The number of benzene rings is 5. The normalized spacial score (nSPS) is 12.0. The number of nitriles is 1. The molecule has 47 heavy (non-hydrogen) atoms. The summed E-state index contributed by atoms with van der Waals surface area (Å²) in [5.41, 5.74) is 11.7. The topological polar surface area (TPSA) is 49.8 Å². The van der Waals surface area contributed by atoms with Gasteiger partial charge in [-0.05, 0) is 74.3 Å². The molecule has 7 aromatic rings. The van der Waals surface area contributed by atoms with Crippen LogP contribution in [0.1, 0.15) is 31.9 Å². The van der Waals surface area contributed by atoms with Crippen molar-refractivity contribution in [3.8, 4) is 50.7 Å². The number of fused-ring (bicyclic) bond motifs is 3. The van der Waals surface area contributed by atoms with E-state index in [9.17, 15) is 5.26 Å². The quantitative estimate of drug-likeness (QED) is 0.179. The molecule has 0 fully saturated rings. The van der Waals surface area contributed by atoms with Gasteiger partial charge in [-0.25, -0.2) is 0 Å². The molecule has 0 amide bonds. The Balaban J connectivity index is 1.43. The number of aromatic nitrogens is 1. The predicted octanol–water partition coefficient (Wildman–Crippen LogP) is 11.4. The minimum absolute atomic E-state index is 0.0984. The fourth-order valence-electron chi connectivity index (χ4n) is 6.53. The van der Waals surface area contributed by atoms with Gasteiger partial charge in [0.1, 0.15) is 11.2 Å². The van der Waals surface area contributed by atoms with Crippen molar-refractivity contribution in [1.82, 2.24) is 4.98 Å². The van der Waals surface area contributed by atoms with Crippen LogP contribution in [0, 0.1) is 11.3 Å². The smallest absolute Gasteiger partial charge is 0.144 e. The molecular weight excluding hydrogens is 589 g/mol. The molecule has 0 aliphatic heterocycles. The molecule has 0 atom stereocenters. The van der Waals surface area contributed by atoms with Crippen molar-refractivity contribution in [1.29, 1.82) is 5.26 Å². The first kappa shape index (κ1) is 30.4. The first-order valence-corrected chi connectivity index (χ1v) is 19.7. The summed E-state index contributed by atoms with van der Waals surface area (Å²) in [5.74, 6) is 0. The summed E-state index contributed by atoms with van der Waals surface area (Å²) in [4.78, 5) is 4.86. The first-order chi connectivity index (χ1) is 22.5. The summed E-state index contributed by atoms with van der Waals surface area (Å²) < 4.78 is 6.95. The minimum Gasteiger partial charge on any atom is -0.455 e. The van der Waals surface area contributed by atoms with Crippen molar-refractivity contribution < 1.29 is 4.42 Å². The molecule has 2 heterocycles. The van der Waals surface area contributed by atoms with E-state index in [1.165, 1.54) is 10.8 Å². The lowest BCUT2D eigenvalue weighted by atomic mass is 9.86. The largest absolute Gasteiger partial charge is 0.455 e. The summed E-state index contributed by atoms with van der Waals surface area (Å²) >= 11 is 0. The minimum atomic E-state index is -1.80. The zero-order valence-corrected chi connectivity index (χ0v) is 28.8. The Morgan fingerprint density at radius 1 is 0.660 bits per heavy atom. The van der Waals surface area contributed by atoms with Gasteiger partial charge in [0.2, 0.25) is 0 Å². The van der Waals surface area contributed by atoms with Crippen molar-refractivity contribution in [2.45, 2.75) is 45.8 Å². The molecule has 3 nitrogen and oxygen atoms in total. The Bertz CT molecular complexity index is 2300. The van der Waals surface area contributed by atoms with Gasteiger partial charge in [0, 0.05) is 28.1 Å². The lowest BCUT2D eigenvalue weighted by Crippen LogP contribution is -2.37. The zero-order valence-electron chi connectivity index (χ0n) is 27.8. The highest BCUT2D eigenvalue weighted by Gasteiger charge is 2.27. The van der Waals surface area contributed by atoms with Gasteiger partial charge in [-0.15, -0.1) is 0 Å². The molecule has 4 heteroatoms. The van der Waals surface area contributed by atoms with Gasteiger partial charge in [0.25, 0.3) is 0 Å². The van der Waals surface area contributed by atoms with Crippen LogP contribution in [0.25, 0.3) is 66.6 Å². The summed E-state index contributed by atoms with van der Waals surface area (Å²) in [5, 5.41) is 13.8. The van der Waals surface area contributed by atoms with Gasteiger partial charge < -0.3 is 4.42 Å². The molecule has 0 saturated carbocycles. The van der Waals surface area contributed by atoms with Crippen molar-refractivity contribution >= 4 is 35.2 Å². The molecule has 0 N–H and O–H groups in total. The van der Waals surface area contributed by atoms with E-state index in [-0.39, 0.29) is 5.41 Å². The van der Waals surface area contributed by atoms with Crippen LogP contribution < -0.4 is 5.19 Å². The molecule has 0 spiro atoms. The SMILES string of the molecule is CC(C)(C)c1ccc(-c2ccnc(-c3ccc([Si](C)(C)C)c4c3oc3c(-c5ccc(-c6ccccc6)cc5)c(C#N)ccc34)c2)cc1. The van der Waals surface area contributed by atoms with E-state index in [1.54, 1.807) is 0 Å². The van der Waals surface area contributed by atoms with E-state index < -0.39 is 8.07 Å². The number of hydrogen-bond acceptors (Lipinski definition) is 3. The second-order valence-electron chi connectivity index (χ2n) is 14.4. The average molecular weight is 627 g/mol. The highest BCUT2D eigenvalue weighted by atomic mass is 28.3. The van der Waals surface area contributed by atoms with Gasteiger partial charge in [-0.3, -0.25) is 4.98 Å². The van der Waals surface area contributed by atoms with Gasteiger partial charge in [-0.1, -0.05) is 125 Å². The number of nitrogens with zero attached hydrogens (tertiary/aromatic N) is 2. The highest BCUT2D eigenvalue weighted by molar-refractivity contribution is 6.90. The van der Waals surface area contributed by atoms with E-state index >= 15 is 0 Å². The highest BCUT2D eigenvalue weighted by Crippen LogP contribution is 2.42. The fraction of sp³-hybridized carbons (Fsp3) is 0.163. The van der Waals surface area contributed by atoms with E-state index in [4.69, 9.17) is 9.40 Å². The van der Waals surface area contributed by atoms with Crippen LogP contribution in [-0.2, 0) is 5.41 Å². The van der Waals surface area contributed by atoms with E-state index in [2.05, 4.69) is 137 Å². The molecular formula is C43H38N2OSi. The maximum Gasteiger partial charge on any atom is 0.144 e. The van der Waals surface area contributed by atoms with Crippen molar-refractivity contribution in [3.05, 3.63) is 133 Å². The van der Waals surface area contributed by atoms with Crippen LogP contribution in [0.5, 0.6) is 0 Å². The third-order valence-electron chi connectivity index (χ3n) is 9.12. The van der Waals surface area contributed by atoms with E-state index in [0.29, 0.717) is 5.56 Å². The summed E-state index contributed by atoms with van der Waals surface area (Å²) in [6, 6.07) is 42.7. The molecule has 0 radical (unpaired) electrons. The maximum atomic E-state index is 10.3. The number of rotatable bonds is 5. The number of pyridine rings is 1. The van der Waals surface area contributed by atoms with Crippen LogP contribution in [0.3, 0.4) is 0 Å². The Morgan fingerprint density at radius 2 is 1.30 bits per heavy atom. The van der Waals surface area contributed by atoms with Crippen LogP contribution >= 0.6 is 0 Å². The second kappa shape index (κ2) is 11.5. The van der Waals surface area contributed by atoms with Gasteiger partial charge >= 0.3 is 0 Å². The van der Waals surface area contributed by atoms with Crippen LogP contribution in [0.4, 0.5) is 0 Å². The Kier molecular flexibility index (Phi) is 7.46. The van der Waals surface area contributed by atoms with Crippen molar-refractivity contribution in [2.24, 2.45) is 0 Å². The lowest BCUT2D eigenvalue weighted by Gasteiger charge is -2.19. The fourth-order valence-corrected chi connectivity index (χ4v) is 8.11. The number of hydrogen-bond donors (Lipinski definition) is 0. The molecule has 0 unspecified atom stereocenters. The lowest BCUT2D eigenvalue weighted by molar-refractivity contribution is 0.590. The van der Waals surface area contributed by atoms with Crippen molar-refractivity contribution in [3.63, 3.8) is 0 Å². The Labute approximate surface area is 278 Å². The van der Waals surface area contributed by atoms with Crippen LogP contribution in [0.2, 0.25) is 19.6 Å². The van der Waals surface area contributed by atoms with Crippen molar-refractivity contribution in [2.75, 3.05) is 0 Å². The third-order valence-corrected chi connectivity index (χ3v) is 11.2. The molecule has 0 aliphatic rings. The summed E-state index contributed by atoms with van der Waals surface area (Å²) in [6.07, 6.45) is 1.89. The maximum absolute atomic E-state index is 10.3. The molecule has 0 aliphatic carbocycles. The molecule has 7 rings (SSSR count). The average Bonchev–Trinajstić information content (AvgIpc) is 3.47. The summed E-state index contributed by atoms with van der Waals surface area (Å²) in [6.45, 7) is 13.8. The third kappa shape index (κ3) is 5.58. The second-order valence-corrected chi connectivity index (χ2v) is 19.4. The molecule has 5 aromatic carbocycles. The van der Waals surface area contributed by atoms with Gasteiger partial charge in [-0.2, -0.15) is 5.26 Å². The monoisotopic (exact) mass is 626 g/mol. The van der Waals surface area contributed by atoms with E-state index in [1.807, 2.05) is 30.5 Å². The van der Waals surface area contributed by atoms with Gasteiger partial charge in [0.15, 0.2) is 0 Å². The molecule has 0 saturated heterocycles. The summed E-state index contributed by atoms with van der Waals surface area (Å²) in [7, 11) is -1.80. The van der Waals surface area contributed by atoms with E-state index in [0.717, 1.165) is 66.6 Å². The van der Waals surface area contributed by atoms with Crippen LogP contribution in [0.15, 0.2) is 126 Å². The number of furan rings is 1.